The number of carboxylic acids is 1. The maximum atomic E-state index is 13.4. The third-order valence-corrected chi connectivity index (χ3v) is 4.63. The monoisotopic (exact) mass is 344 g/mol. The van der Waals surface area contributed by atoms with E-state index >= 15 is 0 Å². The summed E-state index contributed by atoms with van der Waals surface area (Å²) >= 11 is 0. The molecule has 4 rings (SSSR count). The summed E-state index contributed by atoms with van der Waals surface area (Å²) in [5, 5.41) is 12.8. The summed E-state index contributed by atoms with van der Waals surface area (Å²) in [5.41, 5.74) is 2.33. The van der Waals surface area contributed by atoms with E-state index in [4.69, 9.17) is 0 Å². The molecular weight excluding hydrogens is 328 g/mol. The van der Waals surface area contributed by atoms with Gasteiger partial charge in [0.1, 0.15) is 0 Å². The standard InChI is InChI=1S/C21H16N2O3/c24-20-17(13-7-2-1-3-8-13)19(16-10-4-5-12-22-16)23-15-11-6-9-14(18(15)20)21(25)26/h1-12,17,19,23H,(H,25,26). The van der Waals surface area contributed by atoms with Crippen molar-refractivity contribution in [1.82, 2.24) is 4.98 Å². The molecule has 5 heteroatoms. The molecular formula is C21H16N2O3. The van der Waals surface area contributed by atoms with Crippen molar-refractivity contribution in [3.8, 4) is 0 Å². The van der Waals surface area contributed by atoms with Crippen LogP contribution in [0.5, 0.6) is 0 Å². The van der Waals surface area contributed by atoms with Gasteiger partial charge < -0.3 is 10.4 Å². The van der Waals surface area contributed by atoms with Gasteiger partial charge in [-0.25, -0.2) is 4.79 Å². The van der Waals surface area contributed by atoms with Gasteiger partial charge in [-0.05, 0) is 29.8 Å². The maximum absolute atomic E-state index is 13.4. The molecule has 1 aliphatic heterocycles. The zero-order valence-corrected chi connectivity index (χ0v) is 13.8. The van der Waals surface area contributed by atoms with Gasteiger partial charge in [0.25, 0.3) is 0 Å². The van der Waals surface area contributed by atoms with Gasteiger partial charge in [-0.3, -0.25) is 9.78 Å². The zero-order chi connectivity index (χ0) is 18.1. The van der Waals surface area contributed by atoms with E-state index in [1.807, 2.05) is 48.5 Å². The number of benzene rings is 2. The zero-order valence-electron chi connectivity index (χ0n) is 13.8. The Bertz CT molecular complexity index is 971. The highest BCUT2D eigenvalue weighted by atomic mass is 16.4. The second-order valence-corrected chi connectivity index (χ2v) is 6.16. The van der Waals surface area contributed by atoms with Gasteiger partial charge in [0.2, 0.25) is 0 Å². The number of hydrogen-bond acceptors (Lipinski definition) is 4. The predicted molar refractivity (Wildman–Crippen MR) is 97.5 cm³/mol. The topological polar surface area (TPSA) is 79.3 Å². The van der Waals surface area contributed by atoms with E-state index in [0.717, 1.165) is 11.3 Å². The molecule has 2 heterocycles. The van der Waals surface area contributed by atoms with Crippen LogP contribution in [-0.2, 0) is 0 Å². The molecule has 0 bridgehead atoms. The number of pyridine rings is 1. The molecule has 1 aliphatic rings. The van der Waals surface area contributed by atoms with Crippen LogP contribution in [0.3, 0.4) is 0 Å². The summed E-state index contributed by atoms with van der Waals surface area (Å²) in [6, 6.07) is 19.4. The van der Waals surface area contributed by atoms with E-state index in [0.29, 0.717) is 5.69 Å². The highest BCUT2D eigenvalue weighted by Gasteiger charge is 2.39. The van der Waals surface area contributed by atoms with E-state index < -0.39 is 11.9 Å². The van der Waals surface area contributed by atoms with Crippen molar-refractivity contribution < 1.29 is 14.7 Å². The number of anilines is 1. The lowest BCUT2D eigenvalue weighted by Gasteiger charge is -2.34. The molecule has 0 spiro atoms. The van der Waals surface area contributed by atoms with Gasteiger partial charge in [-0.1, -0.05) is 42.5 Å². The first-order chi connectivity index (χ1) is 12.7. The van der Waals surface area contributed by atoms with E-state index in [1.54, 1.807) is 18.3 Å². The first kappa shape index (κ1) is 16.0. The van der Waals surface area contributed by atoms with Crippen LogP contribution >= 0.6 is 0 Å². The van der Waals surface area contributed by atoms with Crippen molar-refractivity contribution in [1.29, 1.82) is 0 Å². The molecule has 2 atom stereocenters. The van der Waals surface area contributed by atoms with Gasteiger partial charge in [0.05, 0.1) is 28.8 Å². The minimum Gasteiger partial charge on any atom is -0.478 e. The summed E-state index contributed by atoms with van der Waals surface area (Å²) in [4.78, 5) is 29.4. The summed E-state index contributed by atoms with van der Waals surface area (Å²) in [5.74, 6) is -1.88. The first-order valence-electron chi connectivity index (χ1n) is 8.30. The lowest BCUT2D eigenvalue weighted by atomic mass is 9.78. The molecule has 0 amide bonds. The molecule has 2 N–H and O–H groups in total. The normalized spacial score (nSPS) is 18.7. The van der Waals surface area contributed by atoms with Crippen LogP contribution in [0.4, 0.5) is 5.69 Å². The number of aromatic nitrogens is 1. The average Bonchev–Trinajstić information content (AvgIpc) is 2.68. The number of Topliss-reactive ketones (excluding diaryl/α,β-unsaturated/α-hetero) is 1. The number of carbonyl (C=O) groups is 2. The third kappa shape index (κ3) is 2.63. The van der Waals surface area contributed by atoms with Crippen LogP contribution in [0.25, 0.3) is 0 Å². The summed E-state index contributed by atoms with van der Waals surface area (Å²) in [7, 11) is 0. The maximum Gasteiger partial charge on any atom is 0.336 e. The number of carbonyl (C=O) groups excluding carboxylic acids is 1. The van der Waals surface area contributed by atoms with Gasteiger partial charge in [-0.2, -0.15) is 0 Å². The smallest absolute Gasteiger partial charge is 0.336 e. The lowest BCUT2D eigenvalue weighted by Crippen LogP contribution is -2.33. The third-order valence-electron chi connectivity index (χ3n) is 4.63. The Morgan fingerprint density at radius 2 is 1.73 bits per heavy atom. The van der Waals surface area contributed by atoms with Crippen molar-refractivity contribution in [2.45, 2.75) is 12.0 Å². The second kappa shape index (κ2) is 6.44. The van der Waals surface area contributed by atoms with E-state index in [-0.39, 0.29) is 23.0 Å². The van der Waals surface area contributed by atoms with Crippen LogP contribution in [0.1, 0.15) is 43.9 Å². The fourth-order valence-corrected chi connectivity index (χ4v) is 3.48. The van der Waals surface area contributed by atoms with E-state index in [2.05, 4.69) is 10.3 Å². The SMILES string of the molecule is O=C(O)c1cccc2c1C(=O)C(c1ccccc1)C(c1ccccn1)N2. The fourth-order valence-electron chi connectivity index (χ4n) is 3.48. The Balaban J connectivity index is 1.92. The van der Waals surface area contributed by atoms with Crippen LogP contribution in [-0.4, -0.2) is 21.8 Å². The van der Waals surface area contributed by atoms with E-state index in [1.165, 1.54) is 6.07 Å². The average molecular weight is 344 g/mol. The Hall–Kier alpha value is -3.47. The Kier molecular flexibility index (Phi) is 3.97. The number of fused-ring (bicyclic) bond motifs is 1. The number of nitrogens with zero attached hydrogens (tertiary/aromatic N) is 1. The van der Waals surface area contributed by atoms with Gasteiger partial charge in [0.15, 0.2) is 5.78 Å². The van der Waals surface area contributed by atoms with Gasteiger partial charge >= 0.3 is 5.97 Å². The Morgan fingerprint density at radius 1 is 0.962 bits per heavy atom. The Morgan fingerprint density at radius 3 is 2.42 bits per heavy atom. The summed E-state index contributed by atoms with van der Waals surface area (Å²) in [6.07, 6.45) is 1.69. The van der Waals surface area contributed by atoms with Crippen LogP contribution < -0.4 is 5.32 Å². The molecule has 0 aliphatic carbocycles. The molecule has 26 heavy (non-hydrogen) atoms. The Labute approximate surface area is 150 Å². The van der Waals surface area contributed by atoms with E-state index in [9.17, 15) is 14.7 Å². The highest BCUT2D eigenvalue weighted by Crippen LogP contribution is 2.42. The quantitative estimate of drug-likeness (QED) is 0.753. The van der Waals surface area contributed by atoms with Crippen molar-refractivity contribution >= 4 is 17.4 Å². The number of rotatable bonds is 3. The molecule has 2 unspecified atom stereocenters. The molecule has 2 aromatic carbocycles. The minimum atomic E-state index is -1.11. The predicted octanol–water partition coefficient (Wildman–Crippen LogP) is 3.91. The van der Waals surface area contributed by atoms with Crippen molar-refractivity contribution in [3.05, 3.63) is 95.3 Å². The number of nitrogens with one attached hydrogen (secondary N) is 1. The molecule has 0 fully saturated rings. The van der Waals surface area contributed by atoms with Gasteiger partial charge in [0, 0.05) is 11.9 Å². The number of carboxylic acid groups (broad SMARTS) is 1. The minimum absolute atomic E-state index is 0.0143. The van der Waals surface area contributed by atoms with Crippen LogP contribution in [0, 0.1) is 0 Å². The highest BCUT2D eigenvalue weighted by molar-refractivity contribution is 6.14. The second-order valence-electron chi connectivity index (χ2n) is 6.16. The molecule has 128 valence electrons. The molecule has 3 aromatic rings. The van der Waals surface area contributed by atoms with Crippen LogP contribution in [0.2, 0.25) is 0 Å². The van der Waals surface area contributed by atoms with Gasteiger partial charge in [-0.15, -0.1) is 0 Å². The molecule has 1 aromatic heterocycles. The number of aromatic carboxylic acids is 1. The number of ketones is 1. The summed E-state index contributed by atoms with van der Waals surface area (Å²) in [6.45, 7) is 0. The number of hydrogen-bond donors (Lipinski definition) is 2. The molecule has 0 saturated carbocycles. The lowest BCUT2D eigenvalue weighted by molar-refractivity contribution is 0.0690. The van der Waals surface area contributed by atoms with Crippen LogP contribution in [0.15, 0.2) is 72.9 Å². The molecule has 5 nitrogen and oxygen atoms in total. The van der Waals surface area contributed by atoms with Crippen molar-refractivity contribution in [2.75, 3.05) is 5.32 Å². The largest absolute Gasteiger partial charge is 0.478 e. The van der Waals surface area contributed by atoms with Crippen molar-refractivity contribution in [3.63, 3.8) is 0 Å². The fraction of sp³-hybridized carbons (Fsp3) is 0.0952. The molecule has 0 saturated heterocycles. The van der Waals surface area contributed by atoms with Crippen molar-refractivity contribution in [2.24, 2.45) is 0 Å². The molecule has 0 radical (unpaired) electrons. The first-order valence-corrected chi connectivity index (χ1v) is 8.30. The summed E-state index contributed by atoms with van der Waals surface area (Å²) < 4.78 is 0.